The van der Waals surface area contributed by atoms with Gasteiger partial charge in [-0.05, 0) is 94.3 Å². The van der Waals surface area contributed by atoms with Gasteiger partial charge in [-0.15, -0.1) is 102 Å². The van der Waals surface area contributed by atoms with E-state index in [9.17, 15) is 0 Å². The maximum Gasteiger partial charge on any atom is 0.0536 e. The summed E-state index contributed by atoms with van der Waals surface area (Å²) in [5.41, 5.74) is 2.70. The van der Waals surface area contributed by atoms with E-state index in [1.807, 2.05) is 102 Å². The maximum absolute atomic E-state index is 2.40. The predicted octanol–water partition coefficient (Wildman–Crippen LogP) is 15.6. The molecule has 9 heterocycles. The lowest BCUT2D eigenvalue weighted by Gasteiger charge is -1.98. The predicted molar refractivity (Wildman–Crippen MR) is 211 cm³/mol. The van der Waals surface area contributed by atoms with Crippen LogP contribution < -0.4 is 0 Å². The molecule has 0 aliphatic rings. The summed E-state index contributed by atoms with van der Waals surface area (Å²) in [7, 11) is 0. The third kappa shape index (κ3) is 5.44. The highest BCUT2D eigenvalue weighted by Gasteiger charge is 2.20. The molecular weight excluding hydrogens is 721 g/mol. The van der Waals surface area contributed by atoms with Gasteiger partial charge in [0, 0.05) is 69.7 Å². The normalized spacial score (nSPS) is 11.6. The molecule has 0 saturated heterocycles. The van der Waals surface area contributed by atoms with Gasteiger partial charge < -0.3 is 0 Å². The highest BCUT2D eigenvalue weighted by atomic mass is 32.1. The highest BCUT2D eigenvalue weighted by Crippen LogP contribution is 2.51. The van der Waals surface area contributed by atoms with E-state index in [1.165, 1.54) is 79.4 Å². The Morgan fingerprint density at radius 2 is 0.600 bits per heavy atom. The van der Waals surface area contributed by atoms with Gasteiger partial charge in [0.2, 0.25) is 0 Å². The summed E-state index contributed by atoms with van der Waals surface area (Å²) in [5, 5.41) is 8.69. The molecule has 0 unspecified atom stereocenters. The minimum absolute atomic E-state index is 1.33. The molecule has 0 spiro atoms. The third-order valence-corrected chi connectivity index (χ3v) is 17.5. The van der Waals surface area contributed by atoms with Crippen LogP contribution in [0.2, 0.25) is 0 Å². The van der Waals surface area contributed by atoms with Gasteiger partial charge in [0.15, 0.2) is 0 Å². The molecule has 0 bridgehead atoms. The highest BCUT2D eigenvalue weighted by molar-refractivity contribution is 7.30. The molecule has 0 atom stereocenters. The standard InChI is InChI=1S/C36H20S9/c1-5-25(37-15-1)33-19-21(35(44-33)31-7-3-17-39-31)23-9-11-27(41-23)29-13-14-30(43-29)28-12-10-24(42-28)22-20-34(26-6-2-16-38-26)45-36(22)32-8-4-18-40-32/h1-20H. The van der Waals surface area contributed by atoms with Crippen molar-refractivity contribution in [1.29, 1.82) is 0 Å². The molecule has 0 N–H and O–H groups in total. The van der Waals surface area contributed by atoms with E-state index in [4.69, 9.17) is 0 Å². The molecule has 9 aromatic heterocycles. The molecule has 9 heteroatoms. The average Bonchev–Trinajstić information content (AvgIpc) is 3.94. The van der Waals surface area contributed by atoms with Gasteiger partial charge in [0.1, 0.15) is 0 Å². The second-order valence-corrected chi connectivity index (χ2v) is 19.3. The minimum Gasteiger partial charge on any atom is -0.143 e. The van der Waals surface area contributed by atoms with E-state index in [2.05, 4.69) is 119 Å². The first-order chi connectivity index (χ1) is 22.3. The Labute approximate surface area is 297 Å². The van der Waals surface area contributed by atoms with Crippen LogP contribution in [0, 0.1) is 0 Å². The van der Waals surface area contributed by atoms with E-state index in [0.717, 1.165) is 0 Å². The van der Waals surface area contributed by atoms with E-state index in [-0.39, 0.29) is 0 Å². The van der Waals surface area contributed by atoms with Crippen molar-refractivity contribution in [3.63, 3.8) is 0 Å². The fourth-order valence-corrected chi connectivity index (χ4v) is 14.3. The van der Waals surface area contributed by atoms with Crippen molar-refractivity contribution in [3.05, 3.63) is 119 Å². The Morgan fingerprint density at radius 1 is 0.267 bits per heavy atom. The summed E-state index contributed by atoms with van der Waals surface area (Å²) >= 11 is 16.8. The Hall–Kier alpha value is -2.70. The summed E-state index contributed by atoms with van der Waals surface area (Å²) in [6.45, 7) is 0. The zero-order valence-corrected chi connectivity index (χ0v) is 30.6. The summed E-state index contributed by atoms with van der Waals surface area (Å²) in [6, 6.07) is 36.2. The van der Waals surface area contributed by atoms with Gasteiger partial charge in [-0.3, -0.25) is 0 Å². The van der Waals surface area contributed by atoms with E-state index in [0.29, 0.717) is 0 Å². The lowest BCUT2D eigenvalue weighted by Crippen LogP contribution is -1.70. The summed E-state index contributed by atoms with van der Waals surface area (Å²) in [5.74, 6) is 0. The van der Waals surface area contributed by atoms with Gasteiger partial charge in [0.05, 0.1) is 9.75 Å². The fraction of sp³-hybridized carbons (Fsp3) is 0. The molecule has 0 radical (unpaired) electrons. The molecule has 0 aliphatic carbocycles. The molecule has 0 aromatic carbocycles. The van der Waals surface area contributed by atoms with Crippen molar-refractivity contribution in [1.82, 2.24) is 0 Å². The second-order valence-electron chi connectivity index (χ2n) is 10.1. The molecule has 0 fully saturated rings. The van der Waals surface area contributed by atoms with Gasteiger partial charge >= 0.3 is 0 Å². The summed E-state index contributed by atoms with van der Waals surface area (Å²) in [6.07, 6.45) is 0. The van der Waals surface area contributed by atoms with E-state index >= 15 is 0 Å². The van der Waals surface area contributed by atoms with E-state index < -0.39 is 0 Å². The van der Waals surface area contributed by atoms with Crippen LogP contribution in [0.5, 0.6) is 0 Å². The van der Waals surface area contributed by atoms with Crippen molar-refractivity contribution in [2.45, 2.75) is 0 Å². The van der Waals surface area contributed by atoms with Crippen LogP contribution in [-0.4, -0.2) is 0 Å². The molecule has 9 rings (SSSR count). The van der Waals surface area contributed by atoms with Crippen LogP contribution in [0.3, 0.4) is 0 Å². The third-order valence-electron chi connectivity index (χ3n) is 7.32. The van der Waals surface area contributed by atoms with Gasteiger partial charge in [0.25, 0.3) is 0 Å². The van der Waals surface area contributed by atoms with Crippen molar-refractivity contribution in [3.8, 4) is 79.4 Å². The van der Waals surface area contributed by atoms with Crippen LogP contribution in [0.15, 0.2) is 119 Å². The SMILES string of the molecule is c1csc(-c2cc(-c3ccc(-c4ccc(-c5ccc(-c6cc(-c7cccs7)sc6-c6cccs6)s5)s4)s3)c(-c3cccs3)s2)c1. The van der Waals surface area contributed by atoms with Crippen molar-refractivity contribution in [2.24, 2.45) is 0 Å². The summed E-state index contributed by atoms with van der Waals surface area (Å²) in [4.78, 5) is 18.8. The Morgan fingerprint density at radius 3 is 0.956 bits per heavy atom. The second kappa shape index (κ2) is 12.2. The Bertz CT molecular complexity index is 2140. The van der Waals surface area contributed by atoms with Gasteiger partial charge in [-0.1, -0.05) is 24.3 Å². The molecule has 0 saturated carbocycles. The van der Waals surface area contributed by atoms with Crippen LogP contribution in [-0.2, 0) is 0 Å². The number of hydrogen-bond acceptors (Lipinski definition) is 9. The first-order valence-electron chi connectivity index (χ1n) is 14.0. The van der Waals surface area contributed by atoms with Gasteiger partial charge in [-0.2, -0.15) is 0 Å². The smallest absolute Gasteiger partial charge is 0.0536 e. The van der Waals surface area contributed by atoms with Crippen LogP contribution in [0.25, 0.3) is 79.4 Å². The van der Waals surface area contributed by atoms with Crippen molar-refractivity contribution >= 4 is 102 Å². The molecule has 218 valence electrons. The molecule has 45 heavy (non-hydrogen) atoms. The molecule has 9 aromatic rings. The first kappa shape index (κ1) is 28.5. The van der Waals surface area contributed by atoms with Crippen LogP contribution in [0.1, 0.15) is 0 Å². The quantitative estimate of drug-likeness (QED) is 0.146. The van der Waals surface area contributed by atoms with Gasteiger partial charge in [-0.25, -0.2) is 0 Å². The van der Waals surface area contributed by atoms with E-state index in [1.54, 1.807) is 0 Å². The zero-order chi connectivity index (χ0) is 29.7. The topological polar surface area (TPSA) is 0 Å². The monoisotopic (exact) mass is 740 g/mol. The Balaban J connectivity index is 1.03. The lowest BCUT2D eigenvalue weighted by atomic mass is 10.2. The van der Waals surface area contributed by atoms with Crippen LogP contribution >= 0.6 is 102 Å². The van der Waals surface area contributed by atoms with Crippen molar-refractivity contribution < 1.29 is 0 Å². The molecule has 0 nitrogen and oxygen atoms in total. The lowest BCUT2D eigenvalue weighted by molar-refractivity contribution is 1.85. The number of rotatable bonds is 8. The molecular formula is C36H20S9. The molecule has 0 aliphatic heterocycles. The molecule has 0 amide bonds. The number of hydrogen-bond donors (Lipinski definition) is 0. The Kier molecular flexibility index (Phi) is 7.70. The van der Waals surface area contributed by atoms with Crippen LogP contribution in [0.4, 0.5) is 0 Å². The first-order valence-corrected chi connectivity index (χ1v) is 21.6. The fourth-order valence-electron chi connectivity index (χ4n) is 5.24. The summed E-state index contributed by atoms with van der Waals surface area (Å²) < 4.78 is 0. The minimum atomic E-state index is 1.33. The number of thiophene rings is 9. The zero-order valence-electron chi connectivity index (χ0n) is 23.2. The average molecular weight is 741 g/mol. The van der Waals surface area contributed by atoms with Crippen molar-refractivity contribution in [2.75, 3.05) is 0 Å². The largest absolute Gasteiger partial charge is 0.143 e. The maximum atomic E-state index is 2.40.